The molecule has 1 amide bonds. The Morgan fingerprint density at radius 3 is 2.76 bits per heavy atom. The van der Waals surface area contributed by atoms with Gasteiger partial charge in [-0.1, -0.05) is 0 Å². The highest BCUT2D eigenvalue weighted by atomic mass is 16.7. The van der Waals surface area contributed by atoms with Gasteiger partial charge in [0.2, 0.25) is 6.79 Å². The van der Waals surface area contributed by atoms with Crippen LogP contribution >= 0.6 is 0 Å². The largest absolute Gasteiger partial charge is 0.454 e. The summed E-state index contributed by atoms with van der Waals surface area (Å²) in [6.45, 7) is 4.14. The highest BCUT2D eigenvalue weighted by molar-refractivity contribution is 5.97. The van der Waals surface area contributed by atoms with E-state index < -0.39 is 10.8 Å². The Hall–Kier alpha value is -4.60. The van der Waals surface area contributed by atoms with Crippen molar-refractivity contribution in [1.82, 2.24) is 9.99 Å². The van der Waals surface area contributed by atoms with Gasteiger partial charge in [0.25, 0.3) is 5.69 Å². The minimum atomic E-state index is -0.560. The van der Waals surface area contributed by atoms with Crippen molar-refractivity contribution in [3.8, 4) is 17.2 Å². The predicted octanol–water partition coefficient (Wildman–Crippen LogP) is 4.24. The molecular weight excluding hydrogens is 428 g/mol. The van der Waals surface area contributed by atoms with E-state index in [1.165, 1.54) is 24.3 Å². The quantitative estimate of drug-likeness (QED) is 0.278. The molecule has 1 N–H and O–H groups in total. The lowest BCUT2D eigenvalue weighted by Gasteiger charge is -2.10. The number of non-ortho nitro benzene ring substituents is 1. The molecule has 10 nitrogen and oxygen atoms in total. The summed E-state index contributed by atoms with van der Waals surface area (Å²) in [5, 5.41) is 15.4. The van der Waals surface area contributed by atoms with Crippen LogP contribution in [0, 0.1) is 24.0 Å². The normalized spacial score (nSPS) is 12.5. The fraction of sp³-hybridized carbons (Fsp3) is 0.130. The van der Waals surface area contributed by atoms with Gasteiger partial charge in [0.05, 0.1) is 11.1 Å². The fourth-order valence-corrected chi connectivity index (χ4v) is 3.81. The minimum absolute atomic E-state index is 0.00785. The van der Waals surface area contributed by atoms with Crippen LogP contribution in [0.2, 0.25) is 0 Å². The number of nitrogens with one attached hydrogen (secondary N) is 1. The van der Waals surface area contributed by atoms with Crippen LogP contribution in [0.5, 0.6) is 11.5 Å². The summed E-state index contributed by atoms with van der Waals surface area (Å²) >= 11 is 0. The number of amides is 1. The molecule has 10 heteroatoms. The standard InChI is InChI=1S/C23H18N4O6/c1-13-7-16(14(2)26(13)17-3-6-20-21(10-17)32-12-31-20)11-24-25-23(28)22-9-15-8-18(27(29)30)4-5-19(15)33-22/h3-11H,12H2,1-2H3,(H,25,28)/b24-11+. The van der Waals surface area contributed by atoms with Gasteiger partial charge in [-0.25, -0.2) is 5.43 Å². The van der Waals surface area contributed by atoms with E-state index in [9.17, 15) is 14.9 Å². The molecule has 0 radical (unpaired) electrons. The van der Waals surface area contributed by atoms with Crippen LogP contribution < -0.4 is 14.9 Å². The van der Waals surface area contributed by atoms with E-state index in [1.54, 1.807) is 6.21 Å². The maximum absolute atomic E-state index is 12.4. The average molecular weight is 446 g/mol. The third-order valence-corrected chi connectivity index (χ3v) is 5.39. The summed E-state index contributed by atoms with van der Waals surface area (Å²) in [5.41, 5.74) is 6.40. The van der Waals surface area contributed by atoms with Crippen LogP contribution in [-0.2, 0) is 0 Å². The molecule has 2 aromatic carbocycles. The fourth-order valence-electron chi connectivity index (χ4n) is 3.81. The summed E-state index contributed by atoms with van der Waals surface area (Å²) in [4.78, 5) is 22.8. The highest BCUT2D eigenvalue weighted by Crippen LogP contribution is 2.34. The SMILES string of the molecule is Cc1cc(/C=N/NC(=O)c2cc3cc([N+](=O)[O-])ccc3o2)c(C)n1-c1ccc2c(c1)OCO2. The number of ether oxygens (including phenoxy) is 2. The molecule has 0 atom stereocenters. The van der Waals surface area contributed by atoms with Gasteiger partial charge in [0.1, 0.15) is 5.58 Å². The second-order valence-corrected chi connectivity index (χ2v) is 7.49. The van der Waals surface area contributed by atoms with E-state index in [4.69, 9.17) is 13.9 Å². The molecule has 1 aliphatic heterocycles. The monoisotopic (exact) mass is 446 g/mol. The number of hydrazone groups is 1. The van der Waals surface area contributed by atoms with Gasteiger partial charge < -0.3 is 18.5 Å². The van der Waals surface area contributed by atoms with Crippen molar-refractivity contribution in [2.24, 2.45) is 5.10 Å². The van der Waals surface area contributed by atoms with Crippen molar-refractivity contribution in [2.75, 3.05) is 6.79 Å². The maximum Gasteiger partial charge on any atom is 0.307 e. The van der Waals surface area contributed by atoms with Gasteiger partial charge in [0, 0.05) is 46.2 Å². The number of hydrogen-bond donors (Lipinski definition) is 1. The molecule has 0 fully saturated rings. The Balaban J connectivity index is 1.34. The van der Waals surface area contributed by atoms with Crippen LogP contribution in [0.1, 0.15) is 27.5 Å². The van der Waals surface area contributed by atoms with Crippen LogP contribution in [0.25, 0.3) is 16.7 Å². The lowest BCUT2D eigenvalue weighted by Crippen LogP contribution is -2.16. The Kier molecular flexibility index (Phi) is 4.82. The molecular formula is C23H18N4O6. The first-order valence-electron chi connectivity index (χ1n) is 10.0. The zero-order valence-electron chi connectivity index (χ0n) is 17.7. The molecule has 3 heterocycles. The molecule has 33 heavy (non-hydrogen) atoms. The van der Waals surface area contributed by atoms with Crippen molar-refractivity contribution >= 4 is 28.8 Å². The highest BCUT2D eigenvalue weighted by Gasteiger charge is 2.17. The maximum atomic E-state index is 12.4. The topological polar surface area (TPSA) is 121 Å². The van der Waals surface area contributed by atoms with Gasteiger partial charge in [-0.2, -0.15) is 5.10 Å². The molecule has 0 saturated heterocycles. The number of furan rings is 1. The number of aryl methyl sites for hydroxylation is 1. The molecule has 2 aromatic heterocycles. The number of carbonyl (C=O) groups is 1. The third-order valence-electron chi connectivity index (χ3n) is 5.39. The zero-order chi connectivity index (χ0) is 23.1. The van der Waals surface area contributed by atoms with E-state index in [1.807, 2.05) is 38.1 Å². The zero-order valence-corrected chi connectivity index (χ0v) is 17.7. The van der Waals surface area contributed by atoms with Gasteiger partial charge in [-0.05, 0) is 44.2 Å². The number of fused-ring (bicyclic) bond motifs is 2. The second-order valence-electron chi connectivity index (χ2n) is 7.49. The van der Waals surface area contributed by atoms with Crippen molar-refractivity contribution < 1.29 is 23.6 Å². The van der Waals surface area contributed by atoms with E-state index >= 15 is 0 Å². The van der Waals surface area contributed by atoms with E-state index in [-0.39, 0.29) is 18.2 Å². The smallest absolute Gasteiger partial charge is 0.307 e. The van der Waals surface area contributed by atoms with Gasteiger partial charge in [0.15, 0.2) is 17.3 Å². The number of hydrogen-bond acceptors (Lipinski definition) is 7. The first-order valence-corrected chi connectivity index (χ1v) is 10.0. The predicted molar refractivity (Wildman–Crippen MR) is 119 cm³/mol. The Bertz CT molecular complexity index is 1450. The number of benzene rings is 2. The summed E-state index contributed by atoms with van der Waals surface area (Å²) in [6, 6.07) is 13.3. The summed E-state index contributed by atoms with van der Waals surface area (Å²) in [6.07, 6.45) is 1.55. The lowest BCUT2D eigenvalue weighted by molar-refractivity contribution is -0.384. The molecule has 0 spiro atoms. The molecule has 4 aromatic rings. The van der Waals surface area contributed by atoms with E-state index in [0.717, 1.165) is 22.6 Å². The Morgan fingerprint density at radius 2 is 1.94 bits per heavy atom. The van der Waals surface area contributed by atoms with Crippen LogP contribution in [-0.4, -0.2) is 28.4 Å². The number of carbonyl (C=O) groups excluding carboxylic acids is 1. The molecule has 1 aliphatic rings. The molecule has 0 bridgehead atoms. The van der Waals surface area contributed by atoms with Crippen molar-refractivity contribution in [3.05, 3.63) is 81.4 Å². The number of nitro groups is 1. The second kappa shape index (κ2) is 7.83. The molecule has 0 aliphatic carbocycles. The minimum Gasteiger partial charge on any atom is -0.454 e. The number of rotatable bonds is 5. The average Bonchev–Trinajstić information content (AvgIpc) is 3.50. The van der Waals surface area contributed by atoms with Gasteiger partial charge in [-0.3, -0.25) is 14.9 Å². The van der Waals surface area contributed by atoms with Crippen LogP contribution in [0.3, 0.4) is 0 Å². The van der Waals surface area contributed by atoms with E-state index in [0.29, 0.717) is 22.5 Å². The lowest BCUT2D eigenvalue weighted by atomic mass is 10.2. The third kappa shape index (κ3) is 3.67. The number of nitro benzene ring substituents is 1. The van der Waals surface area contributed by atoms with Crippen molar-refractivity contribution in [3.63, 3.8) is 0 Å². The first kappa shape index (κ1) is 20.3. The Morgan fingerprint density at radius 1 is 1.12 bits per heavy atom. The summed E-state index contributed by atoms with van der Waals surface area (Å²) in [7, 11) is 0. The number of aromatic nitrogens is 1. The van der Waals surface area contributed by atoms with Gasteiger partial charge >= 0.3 is 5.91 Å². The van der Waals surface area contributed by atoms with E-state index in [2.05, 4.69) is 15.1 Å². The number of nitrogens with zero attached hydrogens (tertiary/aromatic N) is 3. The molecule has 5 rings (SSSR count). The Labute approximate surface area is 187 Å². The molecule has 0 saturated carbocycles. The van der Waals surface area contributed by atoms with Crippen molar-refractivity contribution in [1.29, 1.82) is 0 Å². The van der Waals surface area contributed by atoms with Crippen LogP contribution in [0.4, 0.5) is 5.69 Å². The molecule has 0 unspecified atom stereocenters. The summed E-state index contributed by atoms with van der Waals surface area (Å²) in [5.74, 6) is 0.854. The van der Waals surface area contributed by atoms with Crippen molar-refractivity contribution in [2.45, 2.75) is 13.8 Å². The van der Waals surface area contributed by atoms with Crippen LogP contribution in [0.15, 0.2) is 58.0 Å². The first-order chi connectivity index (χ1) is 15.9. The van der Waals surface area contributed by atoms with Gasteiger partial charge in [-0.15, -0.1) is 0 Å². The molecule has 166 valence electrons. The summed E-state index contributed by atoms with van der Waals surface area (Å²) < 4.78 is 18.4.